The van der Waals surface area contributed by atoms with Crippen molar-refractivity contribution >= 4 is 0 Å². The number of ether oxygens (including phenoxy) is 1. The monoisotopic (exact) mass is 330 g/mol. The van der Waals surface area contributed by atoms with E-state index in [2.05, 4.69) is 38.1 Å². The van der Waals surface area contributed by atoms with Crippen LogP contribution < -0.4 is 4.74 Å². The Balaban J connectivity index is 0.00000100. The molecule has 2 fully saturated rings. The maximum absolute atomic E-state index is 6.04. The zero-order valence-electron chi connectivity index (χ0n) is 16.4. The molecule has 0 radical (unpaired) electrons. The third-order valence-corrected chi connectivity index (χ3v) is 5.99. The van der Waals surface area contributed by atoms with Crippen LogP contribution in [0.4, 0.5) is 0 Å². The molecule has 0 amide bonds. The van der Waals surface area contributed by atoms with Crippen molar-refractivity contribution in [1.82, 2.24) is 0 Å². The zero-order valence-corrected chi connectivity index (χ0v) is 16.4. The molecule has 0 heterocycles. The molecule has 1 heteroatoms. The van der Waals surface area contributed by atoms with Crippen LogP contribution in [0.15, 0.2) is 24.3 Å². The summed E-state index contributed by atoms with van der Waals surface area (Å²) in [5, 5.41) is 0. The molecular formula is C23H38O. The molecule has 0 atom stereocenters. The van der Waals surface area contributed by atoms with Gasteiger partial charge in [0, 0.05) is 0 Å². The summed E-state index contributed by atoms with van der Waals surface area (Å²) in [5.74, 6) is 4.47. The van der Waals surface area contributed by atoms with Crippen molar-refractivity contribution in [3.63, 3.8) is 0 Å². The Bertz CT molecular complexity index is 434. The van der Waals surface area contributed by atoms with E-state index in [1.807, 2.05) is 13.8 Å². The lowest BCUT2D eigenvalue weighted by Gasteiger charge is -2.27. The van der Waals surface area contributed by atoms with Gasteiger partial charge in [0.05, 0.1) is 6.61 Å². The van der Waals surface area contributed by atoms with Gasteiger partial charge in [0.1, 0.15) is 5.75 Å². The minimum Gasteiger partial charge on any atom is -0.493 e. The third kappa shape index (κ3) is 5.83. The molecular weight excluding hydrogens is 292 g/mol. The normalized spacial score (nSPS) is 30.2. The van der Waals surface area contributed by atoms with Crippen molar-refractivity contribution in [3.05, 3.63) is 29.8 Å². The summed E-state index contributed by atoms with van der Waals surface area (Å²) in [5.41, 5.74) is 1.52. The summed E-state index contributed by atoms with van der Waals surface area (Å²) >= 11 is 0. The first-order valence-corrected chi connectivity index (χ1v) is 10.4. The molecule has 136 valence electrons. The second-order valence-corrected chi connectivity index (χ2v) is 7.96. The molecule has 0 spiro atoms. The average Bonchev–Trinajstić information content (AvgIpc) is 2.64. The number of benzene rings is 1. The molecule has 2 saturated carbocycles. The molecule has 24 heavy (non-hydrogen) atoms. The Kier molecular flexibility index (Phi) is 8.15. The molecule has 0 N–H and O–H groups in total. The lowest BCUT2D eigenvalue weighted by Crippen LogP contribution is -2.18. The van der Waals surface area contributed by atoms with E-state index in [0.717, 1.165) is 36.0 Å². The van der Waals surface area contributed by atoms with Gasteiger partial charge in [-0.1, -0.05) is 65.5 Å². The van der Waals surface area contributed by atoms with E-state index >= 15 is 0 Å². The quantitative estimate of drug-likeness (QED) is 0.566. The summed E-state index contributed by atoms with van der Waals surface area (Å²) < 4.78 is 6.04. The van der Waals surface area contributed by atoms with E-state index in [-0.39, 0.29) is 0 Å². The minimum absolute atomic E-state index is 0.774. The lowest BCUT2D eigenvalue weighted by molar-refractivity contribution is 0.188. The van der Waals surface area contributed by atoms with Crippen molar-refractivity contribution in [2.45, 2.75) is 85.0 Å². The molecule has 1 aromatic rings. The third-order valence-electron chi connectivity index (χ3n) is 5.99. The summed E-state index contributed by atoms with van der Waals surface area (Å²) in [4.78, 5) is 0. The second-order valence-electron chi connectivity index (χ2n) is 7.96. The topological polar surface area (TPSA) is 9.23 Å². The Morgan fingerprint density at radius 3 is 1.79 bits per heavy atom. The molecule has 0 aromatic heterocycles. The highest BCUT2D eigenvalue weighted by molar-refractivity contribution is 5.29. The highest BCUT2D eigenvalue weighted by Crippen LogP contribution is 2.36. The summed E-state index contributed by atoms with van der Waals surface area (Å²) in [6.45, 7) is 9.67. The maximum atomic E-state index is 6.04. The van der Waals surface area contributed by atoms with Gasteiger partial charge in [0.2, 0.25) is 0 Å². The van der Waals surface area contributed by atoms with E-state index in [1.54, 1.807) is 0 Å². The predicted molar refractivity (Wildman–Crippen MR) is 105 cm³/mol. The van der Waals surface area contributed by atoms with Gasteiger partial charge in [-0.3, -0.25) is 0 Å². The second kappa shape index (κ2) is 10.1. The summed E-state index contributed by atoms with van der Waals surface area (Å²) in [7, 11) is 0. The van der Waals surface area contributed by atoms with Gasteiger partial charge in [-0.2, -0.15) is 0 Å². The first kappa shape index (κ1) is 19.3. The molecule has 0 aliphatic heterocycles. The van der Waals surface area contributed by atoms with Gasteiger partial charge in [-0.25, -0.2) is 0 Å². The highest BCUT2D eigenvalue weighted by atomic mass is 16.5. The largest absolute Gasteiger partial charge is 0.493 e. The smallest absolute Gasteiger partial charge is 0.119 e. The first-order valence-electron chi connectivity index (χ1n) is 10.4. The summed E-state index contributed by atoms with van der Waals surface area (Å²) in [6, 6.07) is 9.00. The molecule has 2 aliphatic rings. The van der Waals surface area contributed by atoms with Crippen LogP contribution in [0.1, 0.15) is 90.5 Å². The van der Waals surface area contributed by atoms with E-state index < -0.39 is 0 Å². The van der Waals surface area contributed by atoms with Crippen molar-refractivity contribution in [1.29, 1.82) is 0 Å². The zero-order chi connectivity index (χ0) is 17.4. The van der Waals surface area contributed by atoms with E-state index in [1.165, 1.54) is 56.9 Å². The fourth-order valence-corrected chi connectivity index (χ4v) is 4.14. The predicted octanol–water partition coefficient (Wildman–Crippen LogP) is 7.21. The SMILES string of the molecule is CC.CC1CCC(COc2ccc(C3CCC(C)CC3)cc2)CC1. The van der Waals surface area contributed by atoms with Crippen LogP contribution in [0.25, 0.3) is 0 Å². The van der Waals surface area contributed by atoms with Gasteiger partial charge in [-0.15, -0.1) is 0 Å². The van der Waals surface area contributed by atoms with Gasteiger partial charge in [0.25, 0.3) is 0 Å². The van der Waals surface area contributed by atoms with Crippen LogP contribution in [0.2, 0.25) is 0 Å². The highest BCUT2D eigenvalue weighted by Gasteiger charge is 2.20. The number of hydrogen-bond donors (Lipinski definition) is 0. The Morgan fingerprint density at radius 1 is 0.750 bits per heavy atom. The maximum Gasteiger partial charge on any atom is 0.119 e. The summed E-state index contributed by atoms with van der Waals surface area (Å²) in [6.07, 6.45) is 11.0. The van der Waals surface area contributed by atoms with Crippen LogP contribution >= 0.6 is 0 Å². The van der Waals surface area contributed by atoms with E-state index in [0.29, 0.717) is 0 Å². The lowest BCUT2D eigenvalue weighted by atomic mass is 9.79. The Morgan fingerprint density at radius 2 is 1.25 bits per heavy atom. The standard InChI is InChI=1S/C21H32O.C2H6/c1-16-3-7-18(8-4-16)15-22-21-13-11-20(12-14-21)19-9-5-17(2)6-10-19;1-2/h11-14,16-19H,3-10,15H2,1-2H3;1-2H3. The average molecular weight is 331 g/mol. The molecule has 0 saturated heterocycles. The molecule has 3 rings (SSSR count). The molecule has 0 bridgehead atoms. The van der Waals surface area contributed by atoms with E-state index in [4.69, 9.17) is 4.74 Å². The fraction of sp³-hybridized carbons (Fsp3) is 0.739. The Hall–Kier alpha value is -0.980. The van der Waals surface area contributed by atoms with Crippen LogP contribution in [-0.2, 0) is 0 Å². The van der Waals surface area contributed by atoms with E-state index in [9.17, 15) is 0 Å². The first-order chi connectivity index (χ1) is 11.7. The van der Waals surface area contributed by atoms with Crippen LogP contribution in [0, 0.1) is 17.8 Å². The van der Waals surface area contributed by atoms with Crippen molar-refractivity contribution in [2.75, 3.05) is 6.61 Å². The number of hydrogen-bond acceptors (Lipinski definition) is 1. The van der Waals surface area contributed by atoms with Gasteiger partial charge in [-0.05, 0) is 67.1 Å². The van der Waals surface area contributed by atoms with Gasteiger partial charge in [0.15, 0.2) is 0 Å². The Labute approximate surface area is 150 Å². The van der Waals surface area contributed by atoms with Crippen molar-refractivity contribution < 1.29 is 4.74 Å². The van der Waals surface area contributed by atoms with Crippen LogP contribution in [0.5, 0.6) is 5.75 Å². The molecule has 0 unspecified atom stereocenters. The number of rotatable bonds is 4. The molecule has 1 aromatic carbocycles. The fourth-order valence-electron chi connectivity index (χ4n) is 4.14. The van der Waals surface area contributed by atoms with Gasteiger partial charge >= 0.3 is 0 Å². The van der Waals surface area contributed by atoms with Crippen molar-refractivity contribution in [2.24, 2.45) is 17.8 Å². The van der Waals surface area contributed by atoms with Gasteiger partial charge < -0.3 is 4.74 Å². The van der Waals surface area contributed by atoms with Crippen LogP contribution in [-0.4, -0.2) is 6.61 Å². The minimum atomic E-state index is 0.774. The van der Waals surface area contributed by atoms with Crippen molar-refractivity contribution in [3.8, 4) is 5.75 Å². The molecule has 1 nitrogen and oxygen atoms in total. The van der Waals surface area contributed by atoms with Crippen LogP contribution in [0.3, 0.4) is 0 Å². The molecule has 2 aliphatic carbocycles.